The van der Waals surface area contributed by atoms with Crippen molar-refractivity contribution in [3.63, 3.8) is 0 Å². The number of amides is 1. The number of hydrogen-bond acceptors (Lipinski definition) is 1. The highest BCUT2D eigenvalue weighted by Gasteiger charge is 1.99. The molecule has 3 heteroatoms. The Morgan fingerprint density at radius 2 is 1.64 bits per heavy atom. The van der Waals surface area contributed by atoms with Crippen molar-refractivity contribution in [2.45, 2.75) is 0 Å². The Bertz CT molecular complexity index is 837. The molecule has 22 heavy (non-hydrogen) atoms. The Labute approximate surface area is 127 Å². The van der Waals surface area contributed by atoms with Crippen LogP contribution in [0.25, 0.3) is 16.8 Å². The van der Waals surface area contributed by atoms with Crippen molar-refractivity contribution in [3.05, 3.63) is 84.2 Å². The van der Waals surface area contributed by atoms with Crippen LogP contribution in [0.5, 0.6) is 0 Å². The zero-order valence-corrected chi connectivity index (χ0v) is 11.8. The SMILES string of the molecule is O=C(/C=C/c1ccc(F)cc1)Nc1ccc2ccccc2c1. The van der Waals surface area contributed by atoms with Gasteiger partial charge in [0.1, 0.15) is 5.82 Å². The van der Waals surface area contributed by atoms with Crippen LogP contribution in [0.1, 0.15) is 5.56 Å². The van der Waals surface area contributed by atoms with Crippen LogP contribution < -0.4 is 5.32 Å². The number of fused-ring (bicyclic) bond motifs is 1. The van der Waals surface area contributed by atoms with Gasteiger partial charge in [-0.2, -0.15) is 0 Å². The molecule has 0 saturated heterocycles. The highest BCUT2D eigenvalue weighted by Crippen LogP contribution is 2.18. The average molecular weight is 291 g/mol. The minimum atomic E-state index is -0.294. The maximum atomic E-state index is 12.8. The second-order valence-corrected chi connectivity index (χ2v) is 4.94. The number of benzene rings is 3. The Hall–Kier alpha value is -2.94. The molecule has 1 N–H and O–H groups in total. The predicted octanol–water partition coefficient (Wildman–Crippen LogP) is 4.63. The molecule has 0 saturated carbocycles. The van der Waals surface area contributed by atoms with Crippen molar-refractivity contribution in [2.75, 3.05) is 5.32 Å². The lowest BCUT2D eigenvalue weighted by Crippen LogP contribution is -2.07. The van der Waals surface area contributed by atoms with E-state index in [1.807, 2.05) is 42.5 Å². The molecule has 2 nitrogen and oxygen atoms in total. The second kappa shape index (κ2) is 6.22. The van der Waals surface area contributed by atoms with E-state index in [1.54, 1.807) is 18.2 Å². The van der Waals surface area contributed by atoms with E-state index >= 15 is 0 Å². The maximum absolute atomic E-state index is 12.8. The molecule has 0 bridgehead atoms. The number of hydrogen-bond donors (Lipinski definition) is 1. The number of halogens is 1. The van der Waals surface area contributed by atoms with Gasteiger partial charge in [-0.15, -0.1) is 0 Å². The topological polar surface area (TPSA) is 29.1 Å². The first-order valence-electron chi connectivity index (χ1n) is 6.94. The van der Waals surface area contributed by atoms with Gasteiger partial charge < -0.3 is 5.32 Å². The highest BCUT2D eigenvalue weighted by molar-refractivity contribution is 6.03. The lowest BCUT2D eigenvalue weighted by atomic mass is 10.1. The zero-order valence-electron chi connectivity index (χ0n) is 11.8. The largest absolute Gasteiger partial charge is 0.322 e. The smallest absolute Gasteiger partial charge is 0.248 e. The van der Waals surface area contributed by atoms with Gasteiger partial charge in [0.15, 0.2) is 0 Å². The quantitative estimate of drug-likeness (QED) is 0.700. The van der Waals surface area contributed by atoms with E-state index in [9.17, 15) is 9.18 Å². The van der Waals surface area contributed by atoms with Gasteiger partial charge in [0, 0.05) is 11.8 Å². The summed E-state index contributed by atoms with van der Waals surface area (Å²) >= 11 is 0. The molecule has 1 amide bonds. The van der Waals surface area contributed by atoms with Gasteiger partial charge in [-0.25, -0.2) is 4.39 Å². The summed E-state index contributed by atoms with van der Waals surface area (Å²) in [5.74, 6) is -0.516. The van der Waals surface area contributed by atoms with E-state index < -0.39 is 0 Å². The molecule has 0 fully saturated rings. The predicted molar refractivity (Wildman–Crippen MR) is 88.0 cm³/mol. The van der Waals surface area contributed by atoms with E-state index in [0.29, 0.717) is 0 Å². The summed E-state index contributed by atoms with van der Waals surface area (Å²) in [6.07, 6.45) is 3.08. The third-order valence-electron chi connectivity index (χ3n) is 3.31. The van der Waals surface area contributed by atoms with Crippen molar-refractivity contribution >= 4 is 28.4 Å². The van der Waals surface area contributed by atoms with Crippen LogP contribution in [0.2, 0.25) is 0 Å². The molecule has 108 valence electrons. The van der Waals surface area contributed by atoms with Gasteiger partial charge in [-0.3, -0.25) is 4.79 Å². The van der Waals surface area contributed by atoms with E-state index in [-0.39, 0.29) is 11.7 Å². The van der Waals surface area contributed by atoms with Gasteiger partial charge in [-0.1, -0.05) is 42.5 Å². The molecule has 0 atom stereocenters. The van der Waals surface area contributed by atoms with E-state index in [0.717, 1.165) is 22.0 Å². The first kappa shape index (κ1) is 14.0. The number of anilines is 1. The molecule has 0 heterocycles. The zero-order chi connectivity index (χ0) is 15.4. The van der Waals surface area contributed by atoms with Crippen LogP contribution in [-0.2, 0) is 4.79 Å². The van der Waals surface area contributed by atoms with Crippen molar-refractivity contribution in [2.24, 2.45) is 0 Å². The Morgan fingerprint density at radius 1 is 0.909 bits per heavy atom. The molecule has 3 rings (SSSR count). The van der Waals surface area contributed by atoms with Crippen molar-refractivity contribution in [1.82, 2.24) is 0 Å². The van der Waals surface area contributed by atoms with E-state index in [1.165, 1.54) is 18.2 Å². The molecule has 0 aliphatic rings. The van der Waals surface area contributed by atoms with Gasteiger partial charge in [0.25, 0.3) is 0 Å². The minimum Gasteiger partial charge on any atom is -0.322 e. The Morgan fingerprint density at radius 3 is 2.41 bits per heavy atom. The average Bonchev–Trinajstić information content (AvgIpc) is 2.54. The molecule has 0 radical (unpaired) electrons. The lowest BCUT2D eigenvalue weighted by molar-refractivity contribution is -0.111. The summed E-state index contributed by atoms with van der Waals surface area (Å²) in [5, 5.41) is 5.02. The number of nitrogens with one attached hydrogen (secondary N) is 1. The molecule has 0 aliphatic carbocycles. The Balaban J connectivity index is 1.71. The summed E-state index contributed by atoms with van der Waals surface area (Å²) in [5.41, 5.74) is 1.52. The first-order valence-corrected chi connectivity index (χ1v) is 6.94. The van der Waals surface area contributed by atoms with Gasteiger partial charge in [0.2, 0.25) is 5.91 Å². The Kier molecular flexibility index (Phi) is 3.97. The lowest BCUT2D eigenvalue weighted by Gasteiger charge is -2.04. The summed E-state index contributed by atoms with van der Waals surface area (Å²) in [6.45, 7) is 0. The fourth-order valence-corrected chi connectivity index (χ4v) is 2.20. The first-order chi connectivity index (χ1) is 10.7. The summed E-state index contributed by atoms with van der Waals surface area (Å²) < 4.78 is 12.8. The molecule has 0 aromatic heterocycles. The van der Waals surface area contributed by atoms with Crippen LogP contribution in [0.15, 0.2) is 72.8 Å². The monoisotopic (exact) mass is 291 g/mol. The maximum Gasteiger partial charge on any atom is 0.248 e. The summed E-state index contributed by atoms with van der Waals surface area (Å²) in [4.78, 5) is 11.9. The second-order valence-electron chi connectivity index (χ2n) is 4.94. The fraction of sp³-hybridized carbons (Fsp3) is 0. The molecular weight excluding hydrogens is 277 g/mol. The van der Waals surface area contributed by atoms with Gasteiger partial charge in [0.05, 0.1) is 0 Å². The normalized spacial score (nSPS) is 11.0. The van der Waals surface area contributed by atoms with Crippen LogP contribution in [-0.4, -0.2) is 5.91 Å². The van der Waals surface area contributed by atoms with Crippen LogP contribution in [0.3, 0.4) is 0 Å². The summed E-state index contributed by atoms with van der Waals surface area (Å²) in [6, 6.07) is 19.7. The third-order valence-corrected chi connectivity index (χ3v) is 3.31. The fourth-order valence-electron chi connectivity index (χ4n) is 2.20. The molecule has 0 unspecified atom stereocenters. The van der Waals surface area contributed by atoms with Crippen molar-refractivity contribution in [3.8, 4) is 0 Å². The van der Waals surface area contributed by atoms with Crippen molar-refractivity contribution in [1.29, 1.82) is 0 Å². The number of carbonyl (C=O) groups excluding carboxylic acids is 1. The van der Waals surface area contributed by atoms with Crippen LogP contribution in [0, 0.1) is 5.82 Å². The van der Waals surface area contributed by atoms with Crippen molar-refractivity contribution < 1.29 is 9.18 Å². The number of carbonyl (C=O) groups is 1. The van der Waals surface area contributed by atoms with Gasteiger partial charge >= 0.3 is 0 Å². The van der Waals surface area contributed by atoms with E-state index in [2.05, 4.69) is 5.32 Å². The standard InChI is InChI=1S/C19H14FNO/c20-17-9-5-14(6-10-17)7-12-19(22)21-18-11-8-15-3-1-2-4-16(15)13-18/h1-13H,(H,21,22)/b12-7+. The molecule has 0 spiro atoms. The molecule has 3 aromatic carbocycles. The third kappa shape index (κ3) is 3.38. The molecule has 0 aliphatic heterocycles. The highest BCUT2D eigenvalue weighted by atomic mass is 19.1. The van der Waals surface area contributed by atoms with Crippen LogP contribution >= 0.6 is 0 Å². The summed E-state index contributed by atoms with van der Waals surface area (Å²) in [7, 11) is 0. The van der Waals surface area contributed by atoms with E-state index in [4.69, 9.17) is 0 Å². The molecule has 3 aromatic rings. The number of rotatable bonds is 3. The van der Waals surface area contributed by atoms with Gasteiger partial charge in [-0.05, 0) is 46.7 Å². The minimum absolute atomic E-state index is 0.223. The van der Waals surface area contributed by atoms with Crippen LogP contribution in [0.4, 0.5) is 10.1 Å². The molecular formula is C19H14FNO.